The molecule has 92 valence electrons. The van der Waals surface area contributed by atoms with Crippen molar-refractivity contribution in [3.8, 4) is 0 Å². The molecule has 17 heavy (non-hydrogen) atoms. The van der Waals surface area contributed by atoms with Crippen LogP contribution in [0.4, 0.5) is 0 Å². The maximum Gasteiger partial charge on any atom is 0.148 e. The minimum atomic E-state index is -0.383. The summed E-state index contributed by atoms with van der Waals surface area (Å²) < 4.78 is 0. The summed E-state index contributed by atoms with van der Waals surface area (Å²) in [6.45, 7) is 0. The average molecular weight is 330 g/mol. The molecule has 2 aromatic heterocycles. The van der Waals surface area contributed by atoms with E-state index in [4.69, 9.17) is 40.5 Å². The fraction of sp³-hybridized carbons (Fsp3) is 0.100. The molecule has 1 atom stereocenters. The Bertz CT molecular complexity index is 501. The maximum atomic E-state index is 6.08. The van der Waals surface area contributed by atoms with Crippen LogP contribution in [0.5, 0.6) is 0 Å². The highest BCUT2D eigenvalue weighted by Crippen LogP contribution is 2.36. The third-order valence-electron chi connectivity index (χ3n) is 2.18. The van der Waals surface area contributed by atoms with Gasteiger partial charge in [0, 0.05) is 11.8 Å². The Labute approximate surface area is 124 Å². The van der Waals surface area contributed by atoms with Gasteiger partial charge in [-0.1, -0.05) is 34.8 Å². The van der Waals surface area contributed by atoms with E-state index in [0.717, 1.165) is 5.56 Å². The maximum absolute atomic E-state index is 6.08. The zero-order chi connectivity index (χ0) is 11.7. The molecule has 0 amide bonds. The Hall–Kier alpha value is -0.0300. The number of aromatic nitrogens is 1. The van der Waals surface area contributed by atoms with E-state index in [2.05, 4.69) is 4.98 Å². The van der Waals surface area contributed by atoms with Crippen LogP contribution in [0.25, 0.3) is 0 Å². The first kappa shape index (κ1) is 15.0. The summed E-state index contributed by atoms with van der Waals surface area (Å²) in [5.41, 5.74) is 7.65. The summed E-state index contributed by atoms with van der Waals surface area (Å²) in [5.74, 6) is 0. The van der Waals surface area contributed by atoms with Gasteiger partial charge in [-0.15, -0.1) is 12.4 Å². The molecule has 0 fully saturated rings. The van der Waals surface area contributed by atoms with E-state index in [1.807, 2.05) is 16.8 Å². The summed E-state index contributed by atoms with van der Waals surface area (Å²) in [6, 6.07) is 1.54. The van der Waals surface area contributed by atoms with Gasteiger partial charge in [-0.2, -0.15) is 11.3 Å². The lowest BCUT2D eigenvalue weighted by molar-refractivity contribution is 0.874. The molecule has 0 radical (unpaired) electrons. The molecule has 2 aromatic rings. The third kappa shape index (κ3) is 3.05. The number of hydrogen-bond donors (Lipinski definition) is 1. The number of hydrogen-bond acceptors (Lipinski definition) is 3. The summed E-state index contributed by atoms with van der Waals surface area (Å²) >= 11 is 19.5. The SMILES string of the molecule is Cl.N[C@@H](c1ccsc1)c1c(Cl)cnc(Cl)c1Cl. The van der Waals surface area contributed by atoms with E-state index in [1.165, 1.54) is 6.20 Å². The van der Waals surface area contributed by atoms with Gasteiger partial charge in [0.2, 0.25) is 0 Å². The van der Waals surface area contributed by atoms with Crippen molar-refractivity contribution in [3.63, 3.8) is 0 Å². The van der Waals surface area contributed by atoms with Crippen LogP contribution in [0.15, 0.2) is 23.0 Å². The van der Waals surface area contributed by atoms with Gasteiger partial charge >= 0.3 is 0 Å². The molecule has 7 heteroatoms. The van der Waals surface area contributed by atoms with Gasteiger partial charge in [-0.05, 0) is 22.4 Å². The quantitative estimate of drug-likeness (QED) is 0.819. The molecule has 2 N–H and O–H groups in total. The standard InChI is InChI=1S/C10H7Cl3N2S.ClH/c11-6-3-15-10(13)8(12)7(6)9(14)5-1-2-16-4-5;/h1-4,9H,14H2;1H/t9-;/m0./s1. The molecule has 0 aliphatic heterocycles. The first-order valence-electron chi connectivity index (χ1n) is 4.38. The van der Waals surface area contributed by atoms with Crippen molar-refractivity contribution < 1.29 is 0 Å². The first-order chi connectivity index (χ1) is 7.61. The van der Waals surface area contributed by atoms with E-state index in [1.54, 1.807) is 11.3 Å². The third-order valence-corrected chi connectivity index (χ3v) is 3.95. The fourth-order valence-electron chi connectivity index (χ4n) is 1.36. The van der Waals surface area contributed by atoms with Crippen molar-refractivity contribution in [2.45, 2.75) is 6.04 Å². The largest absolute Gasteiger partial charge is 0.320 e. The lowest BCUT2D eigenvalue weighted by Crippen LogP contribution is -2.12. The smallest absolute Gasteiger partial charge is 0.148 e. The highest BCUT2D eigenvalue weighted by Gasteiger charge is 2.19. The second-order valence-electron chi connectivity index (χ2n) is 3.16. The summed E-state index contributed by atoms with van der Waals surface area (Å²) in [5, 5.41) is 4.85. The van der Waals surface area contributed by atoms with Crippen molar-refractivity contribution in [1.29, 1.82) is 0 Å². The van der Waals surface area contributed by atoms with E-state index >= 15 is 0 Å². The van der Waals surface area contributed by atoms with E-state index < -0.39 is 0 Å². The van der Waals surface area contributed by atoms with Gasteiger partial charge in [-0.3, -0.25) is 0 Å². The van der Waals surface area contributed by atoms with Gasteiger partial charge in [0.25, 0.3) is 0 Å². The van der Waals surface area contributed by atoms with Gasteiger partial charge in [0.15, 0.2) is 0 Å². The van der Waals surface area contributed by atoms with Crippen molar-refractivity contribution >= 4 is 58.5 Å². The molecule has 0 saturated heterocycles. The Morgan fingerprint density at radius 1 is 1.29 bits per heavy atom. The molecule has 0 aliphatic carbocycles. The lowest BCUT2D eigenvalue weighted by atomic mass is 10.0. The first-order valence-corrected chi connectivity index (χ1v) is 6.46. The molecule has 0 saturated carbocycles. The molecule has 2 heterocycles. The number of thiophene rings is 1. The zero-order valence-corrected chi connectivity index (χ0v) is 12.3. The zero-order valence-electron chi connectivity index (χ0n) is 8.36. The Balaban J connectivity index is 0.00000144. The molecule has 0 aliphatic rings. The van der Waals surface area contributed by atoms with Crippen LogP contribution in [0.2, 0.25) is 15.2 Å². The van der Waals surface area contributed by atoms with Gasteiger partial charge < -0.3 is 5.73 Å². The van der Waals surface area contributed by atoms with E-state index in [-0.39, 0.29) is 23.6 Å². The molecular weight excluding hydrogens is 322 g/mol. The fourth-order valence-corrected chi connectivity index (χ4v) is 2.78. The average Bonchev–Trinajstić information content (AvgIpc) is 2.77. The number of nitrogens with zero attached hydrogens (tertiary/aromatic N) is 1. The van der Waals surface area contributed by atoms with Crippen LogP contribution in [0.3, 0.4) is 0 Å². The second-order valence-corrected chi connectivity index (χ2v) is 5.08. The molecule has 2 nitrogen and oxygen atoms in total. The Kier molecular flexibility index (Phi) is 5.51. The molecule has 0 unspecified atom stereocenters. The second kappa shape index (κ2) is 6.23. The van der Waals surface area contributed by atoms with Crippen LogP contribution in [0, 0.1) is 0 Å². The molecular formula is C10H8Cl4N2S. The van der Waals surface area contributed by atoms with Crippen LogP contribution in [-0.4, -0.2) is 4.98 Å². The summed E-state index contributed by atoms with van der Waals surface area (Å²) in [7, 11) is 0. The van der Waals surface area contributed by atoms with Crippen LogP contribution in [-0.2, 0) is 0 Å². The summed E-state index contributed by atoms with van der Waals surface area (Å²) in [6.07, 6.45) is 1.46. The monoisotopic (exact) mass is 328 g/mol. The summed E-state index contributed by atoms with van der Waals surface area (Å²) in [4.78, 5) is 3.85. The lowest BCUT2D eigenvalue weighted by Gasteiger charge is -2.14. The number of nitrogens with two attached hydrogens (primary N) is 1. The van der Waals surface area contributed by atoms with Crippen molar-refractivity contribution in [1.82, 2.24) is 4.98 Å². The van der Waals surface area contributed by atoms with Gasteiger partial charge in [0.05, 0.1) is 16.1 Å². The van der Waals surface area contributed by atoms with E-state index in [9.17, 15) is 0 Å². The van der Waals surface area contributed by atoms with Crippen LogP contribution >= 0.6 is 58.5 Å². The predicted molar refractivity (Wildman–Crippen MR) is 76.9 cm³/mol. The molecule has 0 spiro atoms. The van der Waals surface area contributed by atoms with Gasteiger partial charge in [-0.25, -0.2) is 4.98 Å². The molecule has 0 aromatic carbocycles. The Morgan fingerprint density at radius 3 is 2.59 bits per heavy atom. The minimum absolute atomic E-state index is 0. The Morgan fingerprint density at radius 2 is 2.00 bits per heavy atom. The van der Waals surface area contributed by atoms with Crippen molar-refractivity contribution in [3.05, 3.63) is 49.3 Å². The van der Waals surface area contributed by atoms with Crippen LogP contribution < -0.4 is 5.73 Å². The highest BCUT2D eigenvalue weighted by molar-refractivity contribution is 7.08. The molecule has 0 bridgehead atoms. The van der Waals surface area contributed by atoms with Crippen LogP contribution in [0.1, 0.15) is 17.2 Å². The predicted octanol–water partition coefficient (Wildman–Crippen LogP) is 4.57. The number of pyridine rings is 1. The number of halogens is 4. The topological polar surface area (TPSA) is 38.9 Å². The van der Waals surface area contributed by atoms with Crippen molar-refractivity contribution in [2.75, 3.05) is 0 Å². The normalized spacial score (nSPS) is 12.0. The van der Waals surface area contributed by atoms with Crippen molar-refractivity contribution in [2.24, 2.45) is 5.73 Å². The minimum Gasteiger partial charge on any atom is -0.320 e. The highest BCUT2D eigenvalue weighted by atomic mass is 35.5. The van der Waals surface area contributed by atoms with E-state index in [0.29, 0.717) is 15.6 Å². The molecule has 2 rings (SSSR count). The number of rotatable bonds is 2. The van der Waals surface area contributed by atoms with Gasteiger partial charge in [0.1, 0.15) is 5.15 Å².